The molecule has 2 aliphatic rings. The van der Waals surface area contributed by atoms with Gasteiger partial charge >= 0.3 is 0 Å². The second-order valence-electron chi connectivity index (χ2n) is 9.67. The monoisotopic (exact) mass is 546 g/mol. The molecule has 1 aliphatic heterocycles. The van der Waals surface area contributed by atoms with E-state index in [-0.39, 0.29) is 11.9 Å². The number of carbonyl (C=O) groups is 1. The highest BCUT2D eigenvalue weighted by atomic mass is 35.5. The molecule has 2 fully saturated rings. The number of aliphatic imine (C=N–C) groups is 1. The molecule has 0 aromatic heterocycles. The number of para-hydroxylation sites is 1. The van der Waals surface area contributed by atoms with E-state index in [0.717, 1.165) is 41.2 Å². The van der Waals surface area contributed by atoms with Crippen LogP contribution in [-0.4, -0.2) is 29.1 Å². The number of amidine groups is 1. The van der Waals surface area contributed by atoms with Gasteiger partial charge in [-0.1, -0.05) is 67.8 Å². The minimum absolute atomic E-state index is 0.0189. The predicted octanol–water partition coefficient (Wildman–Crippen LogP) is 8.11. The SMILES string of the molecule is COc1cc(/C=C2\SC(=Nc3ccccc3)N([C@@H]3CCCC[C@H]3C)C2=O)ccc1OCc1ccc(Cl)cc1. The molecular weight excluding hydrogens is 516 g/mol. The molecule has 5 rings (SSSR count). The number of halogens is 1. The summed E-state index contributed by atoms with van der Waals surface area (Å²) in [5.41, 5.74) is 2.73. The average Bonchev–Trinajstić information content (AvgIpc) is 3.23. The standard InChI is InChI=1S/C31H31ClN2O3S/c1-21-8-6-7-11-26(21)34-30(35)29(38-31(34)33-25-9-4-3-5-10-25)19-23-14-17-27(28(18-23)36-2)37-20-22-12-15-24(32)16-13-22/h3-5,9-10,12-19,21,26H,6-8,11,20H2,1-2H3/b29-19-,33-31?/t21-,26-/m1/s1. The zero-order valence-electron chi connectivity index (χ0n) is 21.6. The molecule has 1 aliphatic carbocycles. The molecule has 0 radical (unpaired) electrons. The van der Waals surface area contributed by atoms with Crippen molar-refractivity contribution in [1.82, 2.24) is 4.90 Å². The Morgan fingerprint density at radius 1 is 1.03 bits per heavy atom. The quantitative estimate of drug-likeness (QED) is 0.281. The number of ether oxygens (including phenoxy) is 2. The average molecular weight is 547 g/mol. The molecule has 0 bridgehead atoms. The number of benzene rings is 3. The van der Waals surface area contributed by atoms with Crippen molar-refractivity contribution in [3.8, 4) is 11.5 Å². The second kappa shape index (κ2) is 12.1. The Labute approximate surface area is 233 Å². The first kappa shape index (κ1) is 26.4. The fourth-order valence-electron chi connectivity index (χ4n) is 4.94. The van der Waals surface area contributed by atoms with Gasteiger partial charge in [0.2, 0.25) is 0 Å². The molecule has 5 nitrogen and oxygen atoms in total. The number of hydrogen-bond acceptors (Lipinski definition) is 5. The molecule has 1 heterocycles. The lowest BCUT2D eigenvalue weighted by Crippen LogP contribution is -2.44. The summed E-state index contributed by atoms with van der Waals surface area (Å²) in [6.07, 6.45) is 6.41. The Morgan fingerprint density at radius 2 is 1.79 bits per heavy atom. The minimum Gasteiger partial charge on any atom is -0.493 e. The third kappa shape index (κ3) is 6.08. The second-order valence-corrected chi connectivity index (χ2v) is 11.1. The predicted molar refractivity (Wildman–Crippen MR) is 156 cm³/mol. The summed E-state index contributed by atoms with van der Waals surface area (Å²) in [5.74, 6) is 1.70. The van der Waals surface area contributed by atoms with Crippen molar-refractivity contribution in [3.63, 3.8) is 0 Å². The maximum atomic E-state index is 13.8. The highest BCUT2D eigenvalue weighted by Gasteiger charge is 2.41. The van der Waals surface area contributed by atoms with Crippen LogP contribution in [0.15, 0.2) is 82.7 Å². The van der Waals surface area contributed by atoms with E-state index in [9.17, 15) is 4.79 Å². The Kier molecular flexibility index (Phi) is 8.40. The van der Waals surface area contributed by atoms with E-state index in [1.54, 1.807) is 7.11 Å². The van der Waals surface area contributed by atoms with E-state index in [0.29, 0.717) is 34.0 Å². The van der Waals surface area contributed by atoms with E-state index in [1.165, 1.54) is 18.2 Å². The van der Waals surface area contributed by atoms with E-state index in [1.807, 2.05) is 83.8 Å². The summed E-state index contributed by atoms with van der Waals surface area (Å²) in [6, 6.07) is 23.3. The van der Waals surface area contributed by atoms with Crippen LogP contribution in [0.4, 0.5) is 5.69 Å². The number of methoxy groups -OCH3 is 1. The molecule has 0 N–H and O–H groups in total. The Morgan fingerprint density at radius 3 is 2.53 bits per heavy atom. The van der Waals surface area contributed by atoms with Crippen molar-refractivity contribution in [2.24, 2.45) is 10.9 Å². The van der Waals surface area contributed by atoms with E-state index >= 15 is 0 Å². The molecule has 1 saturated carbocycles. The Balaban J connectivity index is 1.40. The van der Waals surface area contributed by atoms with Gasteiger partial charge in [-0.25, -0.2) is 4.99 Å². The molecule has 2 atom stereocenters. The molecule has 3 aromatic carbocycles. The normalized spacial score (nSPS) is 21.8. The molecule has 1 saturated heterocycles. The lowest BCUT2D eigenvalue weighted by atomic mass is 9.85. The fraction of sp³-hybridized carbons (Fsp3) is 0.290. The first-order valence-electron chi connectivity index (χ1n) is 12.9. The van der Waals surface area contributed by atoms with Crippen LogP contribution in [-0.2, 0) is 11.4 Å². The van der Waals surface area contributed by atoms with Crippen LogP contribution >= 0.6 is 23.4 Å². The van der Waals surface area contributed by atoms with Crippen molar-refractivity contribution >= 4 is 46.2 Å². The molecule has 0 unspecified atom stereocenters. The summed E-state index contributed by atoms with van der Waals surface area (Å²) in [4.78, 5) is 21.2. The minimum atomic E-state index is 0.0189. The molecule has 38 heavy (non-hydrogen) atoms. The van der Waals surface area contributed by atoms with Crippen LogP contribution in [0.3, 0.4) is 0 Å². The zero-order chi connectivity index (χ0) is 26.5. The third-order valence-electron chi connectivity index (χ3n) is 7.01. The zero-order valence-corrected chi connectivity index (χ0v) is 23.2. The number of hydrogen-bond donors (Lipinski definition) is 0. The van der Waals surface area contributed by atoms with Crippen molar-refractivity contribution in [2.45, 2.75) is 45.3 Å². The number of nitrogens with zero attached hydrogens (tertiary/aromatic N) is 2. The number of carbonyl (C=O) groups excluding carboxylic acids is 1. The molecule has 7 heteroatoms. The van der Waals surface area contributed by atoms with Gasteiger partial charge in [-0.3, -0.25) is 9.69 Å². The number of amides is 1. The van der Waals surface area contributed by atoms with Crippen molar-refractivity contribution in [3.05, 3.63) is 93.9 Å². The summed E-state index contributed by atoms with van der Waals surface area (Å²) in [6.45, 7) is 2.65. The number of thioether (sulfide) groups is 1. The lowest BCUT2D eigenvalue weighted by molar-refractivity contribution is -0.124. The topological polar surface area (TPSA) is 51.1 Å². The van der Waals surface area contributed by atoms with E-state index in [4.69, 9.17) is 26.1 Å². The van der Waals surface area contributed by atoms with Crippen LogP contribution in [0, 0.1) is 5.92 Å². The van der Waals surface area contributed by atoms with Gasteiger partial charge in [0, 0.05) is 11.1 Å². The van der Waals surface area contributed by atoms with Gasteiger partial charge in [0.05, 0.1) is 17.7 Å². The van der Waals surface area contributed by atoms with Gasteiger partial charge in [0.25, 0.3) is 5.91 Å². The molecule has 196 valence electrons. The van der Waals surface area contributed by atoms with Gasteiger partial charge in [-0.05, 0) is 84.1 Å². The first-order valence-corrected chi connectivity index (χ1v) is 14.1. The van der Waals surface area contributed by atoms with Crippen molar-refractivity contribution in [2.75, 3.05) is 7.11 Å². The van der Waals surface area contributed by atoms with Crippen LogP contribution in [0.5, 0.6) is 11.5 Å². The maximum absolute atomic E-state index is 13.8. The van der Waals surface area contributed by atoms with Gasteiger partial charge in [-0.2, -0.15) is 0 Å². The highest BCUT2D eigenvalue weighted by molar-refractivity contribution is 8.18. The van der Waals surface area contributed by atoms with Crippen molar-refractivity contribution < 1.29 is 14.3 Å². The molecular formula is C31H31ClN2O3S. The van der Waals surface area contributed by atoms with Crippen LogP contribution in [0.1, 0.15) is 43.7 Å². The summed E-state index contributed by atoms with van der Waals surface area (Å²) < 4.78 is 11.6. The smallest absolute Gasteiger partial charge is 0.267 e. The van der Waals surface area contributed by atoms with Crippen LogP contribution < -0.4 is 9.47 Å². The highest BCUT2D eigenvalue weighted by Crippen LogP contribution is 2.40. The molecule has 1 amide bonds. The summed E-state index contributed by atoms with van der Waals surface area (Å²) in [5, 5.41) is 1.44. The number of rotatable bonds is 7. The van der Waals surface area contributed by atoms with E-state index in [2.05, 4.69) is 6.92 Å². The van der Waals surface area contributed by atoms with Gasteiger partial charge < -0.3 is 9.47 Å². The Bertz CT molecular complexity index is 1340. The van der Waals surface area contributed by atoms with Crippen LogP contribution in [0.25, 0.3) is 6.08 Å². The van der Waals surface area contributed by atoms with Crippen LogP contribution in [0.2, 0.25) is 5.02 Å². The van der Waals surface area contributed by atoms with Gasteiger partial charge in [-0.15, -0.1) is 0 Å². The first-order chi connectivity index (χ1) is 18.5. The fourth-order valence-corrected chi connectivity index (χ4v) is 6.11. The van der Waals surface area contributed by atoms with Gasteiger partial charge in [0.15, 0.2) is 16.7 Å². The summed E-state index contributed by atoms with van der Waals surface area (Å²) in [7, 11) is 1.62. The van der Waals surface area contributed by atoms with Crippen molar-refractivity contribution in [1.29, 1.82) is 0 Å². The third-order valence-corrected chi connectivity index (χ3v) is 8.24. The summed E-state index contributed by atoms with van der Waals surface area (Å²) >= 11 is 7.42. The Hall–Kier alpha value is -3.22. The lowest BCUT2D eigenvalue weighted by Gasteiger charge is -2.35. The van der Waals surface area contributed by atoms with Gasteiger partial charge in [0.1, 0.15) is 6.61 Å². The maximum Gasteiger partial charge on any atom is 0.267 e. The largest absolute Gasteiger partial charge is 0.493 e. The van der Waals surface area contributed by atoms with E-state index < -0.39 is 0 Å². The molecule has 0 spiro atoms. The molecule has 3 aromatic rings.